The van der Waals surface area contributed by atoms with Crippen molar-refractivity contribution in [2.45, 2.75) is 45.6 Å². The summed E-state index contributed by atoms with van der Waals surface area (Å²) in [4.78, 5) is 11.7. The van der Waals surface area contributed by atoms with Crippen molar-refractivity contribution >= 4 is 5.97 Å². The van der Waals surface area contributed by atoms with Gasteiger partial charge in [-0.2, -0.15) is 5.10 Å². The molecule has 1 heterocycles. The lowest BCUT2D eigenvalue weighted by molar-refractivity contribution is 0.0511. The second-order valence-electron chi connectivity index (χ2n) is 4.17. The van der Waals surface area contributed by atoms with Crippen LogP contribution in [0, 0.1) is 0 Å². The van der Waals surface area contributed by atoms with E-state index in [-0.39, 0.29) is 5.97 Å². The maximum atomic E-state index is 11.7. The summed E-state index contributed by atoms with van der Waals surface area (Å²) in [7, 11) is 0. The minimum Gasteiger partial charge on any atom is -0.461 e. The fraction of sp³-hybridized carbons (Fsp3) is 0.667. The molecule has 4 nitrogen and oxygen atoms in total. The van der Waals surface area contributed by atoms with Gasteiger partial charge < -0.3 is 4.74 Å². The number of carbonyl (C=O) groups is 1. The van der Waals surface area contributed by atoms with Crippen LogP contribution in [0.4, 0.5) is 0 Å². The van der Waals surface area contributed by atoms with Gasteiger partial charge in [-0.3, -0.25) is 4.68 Å². The molecular weight excluding hydrogens is 204 g/mol. The van der Waals surface area contributed by atoms with Crippen molar-refractivity contribution in [3.63, 3.8) is 0 Å². The second kappa shape index (κ2) is 4.68. The Balaban J connectivity index is 2.21. The molecule has 0 bridgehead atoms. The molecule has 1 fully saturated rings. The average Bonchev–Trinajstić information content (AvgIpc) is 3.02. The monoisotopic (exact) mass is 222 g/mol. The van der Waals surface area contributed by atoms with Gasteiger partial charge in [0.25, 0.3) is 0 Å². The highest BCUT2D eigenvalue weighted by molar-refractivity contribution is 5.87. The van der Waals surface area contributed by atoms with Crippen LogP contribution >= 0.6 is 0 Å². The Hall–Kier alpha value is -1.32. The molecule has 88 valence electrons. The number of hydrogen-bond acceptors (Lipinski definition) is 3. The molecule has 1 aliphatic carbocycles. The molecule has 1 aromatic rings. The molecule has 0 amide bonds. The van der Waals surface area contributed by atoms with Crippen molar-refractivity contribution in [2.24, 2.45) is 0 Å². The molecule has 2 rings (SSSR count). The van der Waals surface area contributed by atoms with Crippen molar-refractivity contribution in [1.82, 2.24) is 9.78 Å². The average molecular weight is 222 g/mol. The summed E-state index contributed by atoms with van der Waals surface area (Å²) in [6.45, 7) is 5.09. The van der Waals surface area contributed by atoms with E-state index in [0.29, 0.717) is 18.2 Å². The third kappa shape index (κ3) is 2.26. The van der Waals surface area contributed by atoms with Crippen LogP contribution in [0.15, 0.2) is 6.07 Å². The third-order valence-corrected chi connectivity index (χ3v) is 2.71. The van der Waals surface area contributed by atoms with Crippen molar-refractivity contribution in [3.8, 4) is 0 Å². The van der Waals surface area contributed by atoms with E-state index in [1.165, 1.54) is 12.8 Å². The van der Waals surface area contributed by atoms with Crippen molar-refractivity contribution in [1.29, 1.82) is 0 Å². The summed E-state index contributed by atoms with van der Waals surface area (Å²) in [6, 6.07) is 1.89. The quantitative estimate of drug-likeness (QED) is 0.718. The lowest BCUT2D eigenvalue weighted by atomic mass is 10.2. The number of esters is 1. The first-order valence-corrected chi connectivity index (χ1v) is 6.01. The van der Waals surface area contributed by atoms with E-state index in [2.05, 4.69) is 12.0 Å². The maximum Gasteiger partial charge on any atom is 0.356 e. The Bertz CT molecular complexity index is 380. The SMILES string of the molecule is CCCn1nc(C2CC2)cc1C(=O)OCC. The number of hydrogen-bond donors (Lipinski definition) is 0. The topological polar surface area (TPSA) is 44.1 Å². The largest absolute Gasteiger partial charge is 0.461 e. The van der Waals surface area contributed by atoms with Gasteiger partial charge in [0, 0.05) is 12.5 Å². The van der Waals surface area contributed by atoms with Gasteiger partial charge in [-0.05, 0) is 32.3 Å². The number of ether oxygens (including phenoxy) is 1. The molecule has 1 saturated carbocycles. The van der Waals surface area contributed by atoms with Crippen molar-refractivity contribution < 1.29 is 9.53 Å². The zero-order chi connectivity index (χ0) is 11.5. The zero-order valence-corrected chi connectivity index (χ0v) is 9.90. The number of nitrogens with zero attached hydrogens (tertiary/aromatic N) is 2. The first-order valence-electron chi connectivity index (χ1n) is 6.01. The molecule has 0 N–H and O–H groups in total. The van der Waals surface area contributed by atoms with Crippen molar-refractivity contribution in [2.75, 3.05) is 6.61 Å². The van der Waals surface area contributed by atoms with Gasteiger partial charge in [-0.15, -0.1) is 0 Å². The molecule has 1 aromatic heterocycles. The Labute approximate surface area is 95.6 Å². The van der Waals surface area contributed by atoms with Crippen LogP contribution in [0.2, 0.25) is 0 Å². The Morgan fingerprint density at radius 2 is 2.31 bits per heavy atom. The molecule has 1 aliphatic rings. The summed E-state index contributed by atoms with van der Waals surface area (Å²) in [5, 5.41) is 4.48. The van der Waals surface area contributed by atoms with Crippen LogP contribution in [0.3, 0.4) is 0 Å². The number of aryl methyl sites for hydroxylation is 1. The van der Waals surface area contributed by atoms with E-state index in [9.17, 15) is 4.79 Å². The molecule has 16 heavy (non-hydrogen) atoms. The molecule has 4 heteroatoms. The van der Waals surface area contributed by atoms with Crippen LogP contribution in [-0.2, 0) is 11.3 Å². The smallest absolute Gasteiger partial charge is 0.356 e. The Morgan fingerprint density at radius 3 is 2.88 bits per heavy atom. The van der Waals surface area contributed by atoms with Crippen LogP contribution in [0.5, 0.6) is 0 Å². The molecule has 0 spiro atoms. The number of rotatable bonds is 5. The molecule has 0 atom stereocenters. The van der Waals surface area contributed by atoms with E-state index in [1.54, 1.807) is 4.68 Å². The predicted octanol–water partition coefficient (Wildman–Crippen LogP) is 2.35. The van der Waals surface area contributed by atoms with Crippen LogP contribution in [-0.4, -0.2) is 22.4 Å². The fourth-order valence-corrected chi connectivity index (χ4v) is 1.77. The first kappa shape index (κ1) is 11.2. The minimum atomic E-state index is -0.254. The molecular formula is C12H18N2O2. The van der Waals surface area contributed by atoms with E-state index in [1.807, 2.05) is 13.0 Å². The van der Waals surface area contributed by atoms with Gasteiger partial charge in [0.1, 0.15) is 5.69 Å². The van der Waals surface area contributed by atoms with Crippen molar-refractivity contribution in [3.05, 3.63) is 17.5 Å². The summed E-state index contributed by atoms with van der Waals surface area (Å²) < 4.78 is 6.81. The van der Waals surface area contributed by atoms with Gasteiger partial charge in [0.05, 0.1) is 12.3 Å². The second-order valence-corrected chi connectivity index (χ2v) is 4.17. The molecule has 0 radical (unpaired) electrons. The molecule has 0 aromatic carbocycles. The van der Waals surface area contributed by atoms with E-state index < -0.39 is 0 Å². The predicted molar refractivity (Wildman–Crippen MR) is 60.4 cm³/mol. The molecule has 0 unspecified atom stereocenters. The van der Waals surface area contributed by atoms with E-state index in [4.69, 9.17) is 4.74 Å². The first-order chi connectivity index (χ1) is 7.76. The summed E-state index contributed by atoms with van der Waals surface area (Å²) >= 11 is 0. The van der Waals surface area contributed by atoms with Gasteiger partial charge in [0.15, 0.2) is 0 Å². The van der Waals surface area contributed by atoms with Gasteiger partial charge >= 0.3 is 5.97 Å². The molecule has 0 aliphatic heterocycles. The fourth-order valence-electron chi connectivity index (χ4n) is 1.77. The summed E-state index contributed by atoms with van der Waals surface area (Å²) in [6.07, 6.45) is 3.37. The maximum absolute atomic E-state index is 11.7. The van der Waals surface area contributed by atoms with Crippen LogP contribution in [0.25, 0.3) is 0 Å². The highest BCUT2D eigenvalue weighted by Gasteiger charge is 2.28. The normalized spacial score (nSPS) is 15.1. The highest BCUT2D eigenvalue weighted by Crippen LogP contribution is 2.39. The van der Waals surface area contributed by atoms with E-state index >= 15 is 0 Å². The highest BCUT2D eigenvalue weighted by atomic mass is 16.5. The summed E-state index contributed by atoms with van der Waals surface area (Å²) in [5.74, 6) is 0.321. The lowest BCUT2D eigenvalue weighted by Crippen LogP contribution is -2.13. The Morgan fingerprint density at radius 1 is 1.56 bits per heavy atom. The van der Waals surface area contributed by atoms with Crippen LogP contribution < -0.4 is 0 Å². The van der Waals surface area contributed by atoms with E-state index in [0.717, 1.165) is 18.7 Å². The lowest BCUT2D eigenvalue weighted by Gasteiger charge is -2.04. The van der Waals surface area contributed by atoms with Gasteiger partial charge in [-0.1, -0.05) is 6.92 Å². The third-order valence-electron chi connectivity index (χ3n) is 2.71. The number of aromatic nitrogens is 2. The van der Waals surface area contributed by atoms with Gasteiger partial charge in [0.2, 0.25) is 0 Å². The van der Waals surface area contributed by atoms with Crippen LogP contribution in [0.1, 0.15) is 55.2 Å². The van der Waals surface area contributed by atoms with Gasteiger partial charge in [-0.25, -0.2) is 4.79 Å². The number of carbonyl (C=O) groups excluding carboxylic acids is 1. The minimum absolute atomic E-state index is 0.254. The molecule has 0 saturated heterocycles. The standard InChI is InChI=1S/C12H18N2O2/c1-3-7-14-11(12(15)16-4-2)8-10(13-14)9-5-6-9/h8-9H,3-7H2,1-2H3. The Kier molecular flexibility index (Phi) is 3.27. The summed E-state index contributed by atoms with van der Waals surface area (Å²) in [5.41, 5.74) is 1.65. The zero-order valence-electron chi connectivity index (χ0n) is 9.90.